The fourth-order valence-corrected chi connectivity index (χ4v) is 2.69. The van der Waals surface area contributed by atoms with E-state index in [1.165, 1.54) is 6.08 Å². The lowest BCUT2D eigenvalue weighted by Gasteiger charge is -2.19. The van der Waals surface area contributed by atoms with Gasteiger partial charge in [0.1, 0.15) is 17.3 Å². The largest absolute Gasteiger partial charge is 0.497 e. The smallest absolute Gasteiger partial charge is 0.244 e. The summed E-state index contributed by atoms with van der Waals surface area (Å²) in [4.78, 5) is 12.5. The molecule has 0 fully saturated rings. The number of nitrogens with one attached hydrogen (secondary N) is 1. The quantitative estimate of drug-likeness (QED) is 0.639. The van der Waals surface area contributed by atoms with Gasteiger partial charge in [0.25, 0.3) is 0 Å². The summed E-state index contributed by atoms with van der Waals surface area (Å²) >= 11 is 0. The molecule has 0 atom stereocenters. The first-order valence-corrected chi connectivity index (χ1v) is 8.49. The number of hydrogen-bond acceptors (Lipinski definition) is 4. The van der Waals surface area contributed by atoms with Gasteiger partial charge in [-0.2, -0.15) is 0 Å². The van der Waals surface area contributed by atoms with Crippen molar-refractivity contribution in [2.45, 2.75) is 6.04 Å². The van der Waals surface area contributed by atoms with E-state index in [9.17, 15) is 4.79 Å². The van der Waals surface area contributed by atoms with Crippen molar-refractivity contribution in [1.29, 1.82) is 0 Å². The Labute approximate surface area is 158 Å². The average Bonchev–Trinajstić information content (AvgIpc) is 3.24. The van der Waals surface area contributed by atoms with E-state index < -0.39 is 0 Å². The van der Waals surface area contributed by atoms with E-state index in [2.05, 4.69) is 5.32 Å². The van der Waals surface area contributed by atoms with E-state index in [4.69, 9.17) is 13.9 Å². The third-order valence-electron chi connectivity index (χ3n) is 4.13. The lowest BCUT2D eigenvalue weighted by atomic mass is 9.98. The van der Waals surface area contributed by atoms with Crippen LogP contribution >= 0.6 is 0 Å². The fraction of sp³-hybridized carbons (Fsp3) is 0.136. The highest BCUT2D eigenvalue weighted by molar-refractivity contribution is 5.91. The molecular formula is C22H21NO4. The van der Waals surface area contributed by atoms with Crippen LogP contribution in [-0.2, 0) is 4.79 Å². The van der Waals surface area contributed by atoms with Gasteiger partial charge >= 0.3 is 0 Å². The second kappa shape index (κ2) is 8.76. The van der Waals surface area contributed by atoms with Crippen molar-refractivity contribution in [2.24, 2.45) is 0 Å². The first-order chi connectivity index (χ1) is 13.2. The molecule has 1 N–H and O–H groups in total. The zero-order chi connectivity index (χ0) is 19.1. The Morgan fingerprint density at radius 3 is 1.93 bits per heavy atom. The van der Waals surface area contributed by atoms with Gasteiger partial charge < -0.3 is 19.2 Å². The predicted octanol–water partition coefficient (Wildman–Crippen LogP) is 4.22. The average molecular weight is 363 g/mol. The molecule has 5 nitrogen and oxygen atoms in total. The van der Waals surface area contributed by atoms with Crippen molar-refractivity contribution in [1.82, 2.24) is 5.32 Å². The minimum Gasteiger partial charge on any atom is -0.497 e. The van der Waals surface area contributed by atoms with Crippen molar-refractivity contribution in [3.63, 3.8) is 0 Å². The minimum absolute atomic E-state index is 0.219. The number of hydrogen-bond donors (Lipinski definition) is 1. The molecule has 5 heteroatoms. The Balaban J connectivity index is 1.84. The van der Waals surface area contributed by atoms with Crippen LogP contribution < -0.4 is 14.8 Å². The maximum absolute atomic E-state index is 12.5. The van der Waals surface area contributed by atoms with Gasteiger partial charge in [0.05, 0.1) is 26.5 Å². The van der Waals surface area contributed by atoms with Crippen molar-refractivity contribution in [3.05, 3.63) is 89.9 Å². The van der Waals surface area contributed by atoms with E-state index in [1.807, 2.05) is 48.5 Å². The molecule has 0 aliphatic heterocycles. The van der Waals surface area contributed by atoms with Crippen LogP contribution in [0.5, 0.6) is 11.5 Å². The van der Waals surface area contributed by atoms with Crippen LogP contribution in [0.2, 0.25) is 0 Å². The summed E-state index contributed by atoms with van der Waals surface area (Å²) in [5, 5.41) is 3.04. The summed E-state index contributed by atoms with van der Waals surface area (Å²) in [6.07, 6.45) is 4.66. The summed E-state index contributed by atoms with van der Waals surface area (Å²) in [7, 11) is 3.24. The molecule has 27 heavy (non-hydrogen) atoms. The molecule has 0 spiro atoms. The Kier molecular flexibility index (Phi) is 5.94. The Morgan fingerprint density at radius 2 is 1.48 bits per heavy atom. The summed E-state index contributed by atoms with van der Waals surface area (Å²) in [5.74, 6) is 1.92. The van der Waals surface area contributed by atoms with E-state index in [0.717, 1.165) is 22.6 Å². The predicted molar refractivity (Wildman–Crippen MR) is 104 cm³/mol. The van der Waals surface area contributed by atoms with Crippen molar-refractivity contribution in [2.75, 3.05) is 14.2 Å². The number of methoxy groups -OCH3 is 2. The standard InChI is InChI=1S/C22H21NO4/c1-25-18-9-5-16(6-10-18)22(17-7-11-19(26-2)12-8-17)23-21(24)14-13-20-4-3-15-27-20/h3-15,22H,1-2H3,(H,23,24)/b14-13+. The zero-order valence-corrected chi connectivity index (χ0v) is 15.2. The number of amides is 1. The van der Waals surface area contributed by atoms with Crippen LogP contribution in [0.15, 0.2) is 77.4 Å². The lowest BCUT2D eigenvalue weighted by molar-refractivity contribution is -0.116. The van der Waals surface area contributed by atoms with Crippen LogP contribution in [0.3, 0.4) is 0 Å². The molecule has 3 aromatic rings. The molecule has 0 aliphatic carbocycles. The van der Waals surface area contributed by atoms with Gasteiger partial charge in [0.15, 0.2) is 0 Å². The maximum Gasteiger partial charge on any atom is 0.244 e. The van der Waals surface area contributed by atoms with Gasteiger partial charge in [-0.15, -0.1) is 0 Å². The van der Waals surface area contributed by atoms with Crippen molar-refractivity contribution in [3.8, 4) is 11.5 Å². The Hall–Kier alpha value is -3.47. The molecule has 0 saturated heterocycles. The number of rotatable bonds is 7. The van der Waals surface area contributed by atoms with Crippen LogP contribution in [0.1, 0.15) is 22.9 Å². The topological polar surface area (TPSA) is 60.7 Å². The molecule has 0 unspecified atom stereocenters. The van der Waals surface area contributed by atoms with Gasteiger partial charge in [-0.05, 0) is 53.6 Å². The fourth-order valence-electron chi connectivity index (χ4n) is 2.69. The lowest BCUT2D eigenvalue weighted by Crippen LogP contribution is -2.27. The maximum atomic E-state index is 12.5. The summed E-state index contributed by atoms with van der Waals surface area (Å²) < 4.78 is 15.7. The van der Waals surface area contributed by atoms with E-state index >= 15 is 0 Å². The molecular weight excluding hydrogens is 342 g/mol. The summed E-state index contributed by atoms with van der Waals surface area (Å²) in [6, 6.07) is 18.5. The Morgan fingerprint density at radius 1 is 0.926 bits per heavy atom. The van der Waals surface area contributed by atoms with Crippen molar-refractivity contribution < 1.29 is 18.7 Å². The van der Waals surface area contributed by atoms with E-state index in [-0.39, 0.29) is 11.9 Å². The van der Waals surface area contributed by atoms with Crippen LogP contribution in [0.25, 0.3) is 6.08 Å². The monoisotopic (exact) mass is 363 g/mol. The molecule has 1 aromatic heterocycles. The molecule has 0 radical (unpaired) electrons. The Bertz CT molecular complexity index is 834. The van der Waals surface area contributed by atoms with Gasteiger partial charge in [0, 0.05) is 6.08 Å². The van der Waals surface area contributed by atoms with Crippen LogP contribution in [-0.4, -0.2) is 20.1 Å². The number of carbonyl (C=O) groups is 1. The molecule has 1 heterocycles. The SMILES string of the molecule is COc1ccc(C(NC(=O)/C=C/c2ccco2)c2ccc(OC)cc2)cc1. The molecule has 2 aromatic carbocycles. The van der Waals surface area contributed by atoms with Gasteiger partial charge in [0.2, 0.25) is 5.91 Å². The normalized spacial score (nSPS) is 10.9. The highest BCUT2D eigenvalue weighted by Crippen LogP contribution is 2.26. The number of carbonyl (C=O) groups excluding carboxylic acids is 1. The first-order valence-electron chi connectivity index (χ1n) is 8.49. The molecule has 1 amide bonds. The minimum atomic E-state index is -0.310. The summed E-state index contributed by atoms with van der Waals surface area (Å²) in [6.45, 7) is 0. The van der Waals surface area contributed by atoms with Crippen molar-refractivity contribution >= 4 is 12.0 Å². The van der Waals surface area contributed by atoms with E-state index in [1.54, 1.807) is 38.7 Å². The first kappa shape index (κ1) is 18.3. The molecule has 0 aliphatic rings. The molecule has 3 rings (SSSR count). The second-order valence-electron chi connectivity index (χ2n) is 5.84. The molecule has 0 saturated carbocycles. The highest BCUT2D eigenvalue weighted by atomic mass is 16.5. The second-order valence-corrected chi connectivity index (χ2v) is 5.84. The molecule has 0 bridgehead atoms. The van der Waals surface area contributed by atoms with E-state index in [0.29, 0.717) is 5.76 Å². The molecule has 138 valence electrons. The third-order valence-corrected chi connectivity index (χ3v) is 4.13. The zero-order valence-electron chi connectivity index (χ0n) is 15.2. The van der Waals surface area contributed by atoms with Crippen LogP contribution in [0.4, 0.5) is 0 Å². The third kappa shape index (κ3) is 4.79. The van der Waals surface area contributed by atoms with Gasteiger partial charge in [-0.3, -0.25) is 4.79 Å². The van der Waals surface area contributed by atoms with Crippen LogP contribution in [0, 0.1) is 0 Å². The number of ether oxygens (including phenoxy) is 2. The van der Waals surface area contributed by atoms with Gasteiger partial charge in [-0.1, -0.05) is 24.3 Å². The van der Waals surface area contributed by atoms with Gasteiger partial charge in [-0.25, -0.2) is 0 Å². The number of furan rings is 1. The number of benzene rings is 2. The summed E-state index contributed by atoms with van der Waals surface area (Å²) in [5.41, 5.74) is 1.89. The highest BCUT2D eigenvalue weighted by Gasteiger charge is 2.16.